The lowest BCUT2D eigenvalue weighted by molar-refractivity contribution is 0.223. The summed E-state index contributed by atoms with van der Waals surface area (Å²) in [5, 5.41) is 7.09. The Morgan fingerprint density at radius 3 is 2.54 bits per heavy atom. The number of hydrogen-bond acceptors (Lipinski definition) is 3. The van der Waals surface area contributed by atoms with Gasteiger partial charge in [0.25, 0.3) is 0 Å². The molecule has 5 heteroatoms. The van der Waals surface area contributed by atoms with Gasteiger partial charge in [-0.1, -0.05) is 17.7 Å². The number of nitrogens with one attached hydrogen (secondary N) is 2. The molecular weight excluding hydrogens is 322 g/mol. The van der Waals surface area contributed by atoms with Crippen molar-refractivity contribution in [3.63, 3.8) is 0 Å². The van der Waals surface area contributed by atoms with E-state index in [-0.39, 0.29) is 0 Å². The van der Waals surface area contributed by atoms with Crippen LogP contribution in [0.1, 0.15) is 31.7 Å². The molecule has 0 saturated carbocycles. The second-order valence-electron chi connectivity index (χ2n) is 7.88. The van der Waals surface area contributed by atoms with Gasteiger partial charge in [-0.15, -0.1) is 0 Å². The van der Waals surface area contributed by atoms with Gasteiger partial charge in [-0.2, -0.15) is 0 Å². The average molecular weight is 358 g/mol. The molecule has 2 heterocycles. The number of anilines is 1. The summed E-state index contributed by atoms with van der Waals surface area (Å²) < 4.78 is 0. The van der Waals surface area contributed by atoms with Gasteiger partial charge in [-0.3, -0.25) is 4.99 Å². The smallest absolute Gasteiger partial charge is 0.191 e. The molecule has 0 aromatic heterocycles. The summed E-state index contributed by atoms with van der Waals surface area (Å²) in [6.07, 6.45) is 3.70. The Kier molecular flexibility index (Phi) is 6.78. The normalized spacial score (nSPS) is 22.7. The molecular formula is C21H35N5. The molecule has 3 rings (SSSR count). The first kappa shape index (κ1) is 19.0. The Hall–Kier alpha value is -1.75. The number of nitrogens with zero attached hydrogens (tertiary/aromatic N) is 3. The number of aliphatic imine (C=N–C) groups is 1. The van der Waals surface area contributed by atoms with Crippen LogP contribution in [0.25, 0.3) is 0 Å². The fraction of sp³-hybridized carbons (Fsp3) is 0.667. The third kappa shape index (κ3) is 5.37. The largest absolute Gasteiger partial charge is 0.369 e. The first-order valence-electron chi connectivity index (χ1n) is 10.2. The van der Waals surface area contributed by atoms with E-state index < -0.39 is 0 Å². The van der Waals surface area contributed by atoms with Gasteiger partial charge in [0.1, 0.15) is 0 Å². The number of piperidine rings is 1. The van der Waals surface area contributed by atoms with Crippen molar-refractivity contribution in [2.75, 3.05) is 51.2 Å². The molecule has 1 aromatic rings. The fourth-order valence-electron chi connectivity index (χ4n) is 3.85. The molecule has 0 bridgehead atoms. The van der Waals surface area contributed by atoms with E-state index in [9.17, 15) is 0 Å². The zero-order chi connectivity index (χ0) is 18.4. The summed E-state index contributed by atoms with van der Waals surface area (Å²) in [6, 6.07) is 9.33. The standard InChI is InChI=1S/C21H35N5/c1-4-22-21(23-15-18-9-12-25(3)13-10-18)24-19-11-14-26(16-19)20-7-5-17(2)6-8-20/h5-8,18-19H,4,9-16H2,1-3H3,(H2,22,23,24). The maximum Gasteiger partial charge on any atom is 0.191 e. The molecule has 1 unspecified atom stereocenters. The third-order valence-electron chi connectivity index (χ3n) is 5.62. The van der Waals surface area contributed by atoms with Gasteiger partial charge in [-0.25, -0.2) is 0 Å². The van der Waals surface area contributed by atoms with E-state index in [0.29, 0.717) is 6.04 Å². The van der Waals surface area contributed by atoms with Gasteiger partial charge in [0.05, 0.1) is 0 Å². The number of benzene rings is 1. The van der Waals surface area contributed by atoms with Crippen LogP contribution in [-0.2, 0) is 0 Å². The Bertz CT molecular complexity index is 575. The van der Waals surface area contributed by atoms with Crippen LogP contribution < -0.4 is 15.5 Å². The molecule has 2 aliphatic rings. The predicted molar refractivity (Wildman–Crippen MR) is 111 cm³/mol. The van der Waals surface area contributed by atoms with Crippen LogP contribution in [-0.4, -0.2) is 63.2 Å². The summed E-state index contributed by atoms with van der Waals surface area (Å²) >= 11 is 0. The van der Waals surface area contributed by atoms with Gasteiger partial charge in [0.2, 0.25) is 0 Å². The summed E-state index contributed by atoms with van der Waals surface area (Å²) in [6.45, 7) is 10.7. The van der Waals surface area contributed by atoms with E-state index >= 15 is 0 Å². The third-order valence-corrected chi connectivity index (χ3v) is 5.62. The van der Waals surface area contributed by atoms with Crippen LogP contribution >= 0.6 is 0 Å². The van der Waals surface area contributed by atoms with Gasteiger partial charge >= 0.3 is 0 Å². The van der Waals surface area contributed by atoms with Crippen LogP contribution in [0.3, 0.4) is 0 Å². The Balaban J connectivity index is 1.51. The van der Waals surface area contributed by atoms with E-state index in [0.717, 1.165) is 44.5 Å². The Morgan fingerprint density at radius 1 is 1.12 bits per heavy atom. The van der Waals surface area contributed by atoms with Crippen molar-refractivity contribution in [1.29, 1.82) is 0 Å². The van der Waals surface area contributed by atoms with Crippen molar-refractivity contribution in [3.05, 3.63) is 29.8 Å². The lowest BCUT2D eigenvalue weighted by atomic mass is 9.97. The molecule has 1 aromatic carbocycles. The predicted octanol–water partition coefficient (Wildman–Crippen LogP) is 2.47. The average Bonchev–Trinajstić information content (AvgIpc) is 3.10. The van der Waals surface area contributed by atoms with Crippen LogP contribution in [0, 0.1) is 12.8 Å². The zero-order valence-corrected chi connectivity index (χ0v) is 16.7. The number of aryl methyl sites for hydroxylation is 1. The molecule has 5 nitrogen and oxygen atoms in total. The monoisotopic (exact) mass is 357 g/mol. The first-order valence-corrected chi connectivity index (χ1v) is 10.2. The number of rotatable bonds is 5. The first-order chi connectivity index (χ1) is 12.6. The highest BCUT2D eigenvalue weighted by Gasteiger charge is 2.23. The minimum atomic E-state index is 0.464. The molecule has 2 N–H and O–H groups in total. The van der Waals surface area contributed by atoms with Crippen molar-refractivity contribution in [2.45, 2.75) is 39.2 Å². The maximum absolute atomic E-state index is 4.89. The molecule has 1 atom stereocenters. The maximum atomic E-state index is 4.89. The van der Waals surface area contributed by atoms with E-state index in [2.05, 4.69) is 65.6 Å². The highest BCUT2D eigenvalue weighted by molar-refractivity contribution is 5.80. The van der Waals surface area contributed by atoms with E-state index in [1.165, 1.54) is 37.2 Å². The molecule has 2 saturated heterocycles. The van der Waals surface area contributed by atoms with E-state index in [4.69, 9.17) is 4.99 Å². The van der Waals surface area contributed by atoms with Crippen LogP contribution in [0.5, 0.6) is 0 Å². The highest BCUT2D eigenvalue weighted by Crippen LogP contribution is 2.21. The van der Waals surface area contributed by atoms with Crippen molar-refractivity contribution in [3.8, 4) is 0 Å². The summed E-state index contributed by atoms with van der Waals surface area (Å²) in [4.78, 5) is 9.78. The van der Waals surface area contributed by atoms with Gasteiger partial charge < -0.3 is 20.4 Å². The minimum absolute atomic E-state index is 0.464. The molecule has 26 heavy (non-hydrogen) atoms. The molecule has 0 aliphatic carbocycles. The molecule has 0 radical (unpaired) electrons. The highest BCUT2D eigenvalue weighted by atomic mass is 15.2. The van der Waals surface area contributed by atoms with Crippen molar-refractivity contribution in [2.24, 2.45) is 10.9 Å². The molecule has 144 valence electrons. The lowest BCUT2D eigenvalue weighted by Crippen LogP contribution is -2.45. The van der Waals surface area contributed by atoms with Crippen LogP contribution in [0.4, 0.5) is 5.69 Å². The summed E-state index contributed by atoms with van der Waals surface area (Å²) in [5.41, 5.74) is 2.64. The van der Waals surface area contributed by atoms with Crippen LogP contribution in [0.15, 0.2) is 29.3 Å². The quantitative estimate of drug-likeness (QED) is 0.628. The van der Waals surface area contributed by atoms with E-state index in [1.54, 1.807) is 0 Å². The van der Waals surface area contributed by atoms with Gasteiger partial charge in [0, 0.05) is 37.9 Å². The summed E-state index contributed by atoms with van der Waals surface area (Å²) in [5.74, 6) is 1.72. The number of likely N-dealkylation sites (tertiary alicyclic amines) is 1. The zero-order valence-electron chi connectivity index (χ0n) is 16.7. The summed E-state index contributed by atoms with van der Waals surface area (Å²) in [7, 11) is 2.21. The van der Waals surface area contributed by atoms with Crippen molar-refractivity contribution < 1.29 is 0 Å². The Labute approximate surface area is 158 Å². The van der Waals surface area contributed by atoms with Gasteiger partial charge in [-0.05, 0) is 71.3 Å². The number of hydrogen-bond donors (Lipinski definition) is 2. The molecule has 0 amide bonds. The van der Waals surface area contributed by atoms with Crippen LogP contribution in [0.2, 0.25) is 0 Å². The topological polar surface area (TPSA) is 42.9 Å². The minimum Gasteiger partial charge on any atom is -0.369 e. The number of guanidine groups is 1. The molecule has 0 spiro atoms. The van der Waals surface area contributed by atoms with Crippen molar-refractivity contribution in [1.82, 2.24) is 15.5 Å². The van der Waals surface area contributed by atoms with E-state index in [1.807, 2.05) is 0 Å². The Morgan fingerprint density at radius 2 is 1.85 bits per heavy atom. The van der Waals surface area contributed by atoms with Gasteiger partial charge in [0.15, 0.2) is 5.96 Å². The molecule has 2 fully saturated rings. The molecule has 2 aliphatic heterocycles. The lowest BCUT2D eigenvalue weighted by Gasteiger charge is -2.28. The van der Waals surface area contributed by atoms with Crippen molar-refractivity contribution >= 4 is 11.6 Å². The second kappa shape index (κ2) is 9.26. The SMILES string of the molecule is CCNC(=NCC1CCN(C)CC1)NC1CCN(c2ccc(C)cc2)C1. The fourth-order valence-corrected chi connectivity index (χ4v) is 3.85. The second-order valence-corrected chi connectivity index (χ2v) is 7.88.